The van der Waals surface area contributed by atoms with E-state index < -0.39 is 21.8 Å². The smallest absolute Gasteiger partial charge is 0.329 e. The number of hydrogen-bond donors (Lipinski definition) is 2. The molecule has 1 rings (SSSR count). The quantitative estimate of drug-likeness (QED) is 0.772. The molecule has 0 aromatic carbocycles. The molecule has 0 spiro atoms. The molecule has 0 saturated heterocycles. The van der Waals surface area contributed by atoms with Crippen molar-refractivity contribution in [1.82, 2.24) is 4.72 Å². The summed E-state index contributed by atoms with van der Waals surface area (Å²) in [5.74, 6) is -3.29. The van der Waals surface area contributed by atoms with Gasteiger partial charge in [-0.1, -0.05) is 19.3 Å². The fourth-order valence-electron chi connectivity index (χ4n) is 2.14. The van der Waals surface area contributed by atoms with Crippen LogP contribution in [0.2, 0.25) is 0 Å². The summed E-state index contributed by atoms with van der Waals surface area (Å²) in [5, 5.41) is 0. The molecule has 0 radical (unpaired) electrons. The molecule has 3 N–H and O–H groups in total. The van der Waals surface area contributed by atoms with E-state index in [9.17, 15) is 17.2 Å². The van der Waals surface area contributed by atoms with E-state index in [0.29, 0.717) is 0 Å². The number of hydrogen-bond acceptors (Lipinski definition) is 3. The number of sulfonamides is 1. The van der Waals surface area contributed by atoms with Crippen molar-refractivity contribution >= 4 is 10.0 Å². The van der Waals surface area contributed by atoms with Crippen molar-refractivity contribution in [1.29, 1.82) is 0 Å². The van der Waals surface area contributed by atoms with Gasteiger partial charge in [-0.15, -0.1) is 0 Å². The van der Waals surface area contributed by atoms with Gasteiger partial charge in [0.15, 0.2) is 0 Å². The predicted molar refractivity (Wildman–Crippen MR) is 57.5 cm³/mol. The summed E-state index contributed by atoms with van der Waals surface area (Å²) in [4.78, 5) is 0. The van der Waals surface area contributed by atoms with Gasteiger partial charge in [-0.2, -0.15) is 8.78 Å². The average molecular weight is 256 g/mol. The highest BCUT2D eigenvalue weighted by molar-refractivity contribution is 7.89. The van der Waals surface area contributed by atoms with Crippen LogP contribution in [0.25, 0.3) is 0 Å². The Hall–Kier alpha value is -0.270. The van der Waals surface area contributed by atoms with Gasteiger partial charge in [0.2, 0.25) is 0 Å². The molecule has 0 aliphatic heterocycles. The third kappa shape index (κ3) is 3.64. The molecule has 0 bridgehead atoms. The van der Waals surface area contributed by atoms with E-state index >= 15 is 0 Å². The third-order valence-corrected chi connectivity index (χ3v) is 4.12. The van der Waals surface area contributed by atoms with E-state index in [2.05, 4.69) is 0 Å². The van der Waals surface area contributed by atoms with E-state index in [4.69, 9.17) is 5.73 Å². The van der Waals surface area contributed by atoms with E-state index in [0.717, 1.165) is 32.1 Å². The van der Waals surface area contributed by atoms with Crippen molar-refractivity contribution < 1.29 is 17.2 Å². The van der Waals surface area contributed by atoms with Gasteiger partial charge in [-0.05, 0) is 18.8 Å². The third-order valence-electron chi connectivity index (χ3n) is 3.02. The molecule has 1 fully saturated rings. The van der Waals surface area contributed by atoms with Crippen LogP contribution in [0.3, 0.4) is 0 Å². The molecule has 0 heterocycles. The van der Waals surface area contributed by atoms with Gasteiger partial charge in [-0.25, -0.2) is 13.1 Å². The SMILES string of the molecule is NCC(NS(=O)(=O)C(F)F)C1CCCCC1. The fraction of sp³-hybridized carbons (Fsp3) is 1.00. The number of alkyl halides is 2. The lowest BCUT2D eigenvalue weighted by atomic mass is 9.84. The second-order valence-corrected chi connectivity index (χ2v) is 5.85. The van der Waals surface area contributed by atoms with Crippen LogP contribution in [0.1, 0.15) is 32.1 Å². The van der Waals surface area contributed by atoms with Crippen LogP contribution in [0.4, 0.5) is 8.78 Å². The van der Waals surface area contributed by atoms with Gasteiger partial charge < -0.3 is 5.73 Å². The molecular formula is C9H18F2N2O2S. The minimum atomic E-state index is -4.52. The van der Waals surface area contributed by atoms with Gasteiger partial charge >= 0.3 is 5.76 Å². The van der Waals surface area contributed by atoms with Crippen molar-refractivity contribution in [3.8, 4) is 0 Å². The Morgan fingerprint density at radius 1 is 1.25 bits per heavy atom. The number of rotatable bonds is 5. The topological polar surface area (TPSA) is 72.2 Å². The zero-order valence-corrected chi connectivity index (χ0v) is 9.85. The molecule has 96 valence electrons. The van der Waals surface area contributed by atoms with E-state index in [1.54, 1.807) is 0 Å². The first-order valence-corrected chi connectivity index (χ1v) is 7.01. The first-order chi connectivity index (χ1) is 7.47. The molecule has 4 nitrogen and oxygen atoms in total. The van der Waals surface area contributed by atoms with Crippen LogP contribution < -0.4 is 10.5 Å². The van der Waals surface area contributed by atoms with Gasteiger partial charge in [0.25, 0.3) is 10.0 Å². The lowest BCUT2D eigenvalue weighted by Gasteiger charge is -2.29. The van der Waals surface area contributed by atoms with Crippen molar-refractivity contribution in [2.24, 2.45) is 11.7 Å². The average Bonchev–Trinajstić information content (AvgIpc) is 2.27. The molecule has 0 amide bonds. The van der Waals surface area contributed by atoms with Crippen LogP contribution >= 0.6 is 0 Å². The molecule has 1 aliphatic rings. The highest BCUT2D eigenvalue weighted by Gasteiger charge is 2.31. The standard InChI is InChI=1S/C9H18F2N2O2S/c10-9(11)16(14,15)13-8(6-12)7-4-2-1-3-5-7/h7-9,13H,1-6,12H2. The predicted octanol–water partition coefficient (Wildman–Crippen LogP) is 1.04. The summed E-state index contributed by atoms with van der Waals surface area (Å²) in [7, 11) is -4.52. The van der Waals surface area contributed by atoms with Gasteiger partial charge in [0.1, 0.15) is 0 Å². The van der Waals surface area contributed by atoms with Gasteiger partial charge in [-0.3, -0.25) is 0 Å². The molecule has 1 aliphatic carbocycles. The Kier molecular flexibility index (Phi) is 5.07. The Morgan fingerprint density at radius 3 is 2.25 bits per heavy atom. The highest BCUT2D eigenvalue weighted by Crippen LogP contribution is 2.26. The summed E-state index contributed by atoms with van der Waals surface area (Å²) in [6.07, 6.45) is 4.85. The maximum Gasteiger partial charge on any atom is 0.350 e. The Morgan fingerprint density at radius 2 is 1.81 bits per heavy atom. The number of nitrogens with two attached hydrogens (primary N) is 1. The molecule has 7 heteroatoms. The van der Waals surface area contributed by atoms with Crippen LogP contribution in [0.15, 0.2) is 0 Å². The fourth-order valence-corrected chi connectivity index (χ4v) is 2.95. The second-order valence-electron chi connectivity index (χ2n) is 4.16. The summed E-state index contributed by atoms with van der Waals surface area (Å²) < 4.78 is 48.4. The van der Waals surface area contributed by atoms with Crippen molar-refractivity contribution in [2.75, 3.05) is 6.54 Å². The lowest BCUT2D eigenvalue weighted by Crippen LogP contribution is -2.47. The summed E-state index contributed by atoms with van der Waals surface area (Å²) in [6.45, 7) is 0.0661. The van der Waals surface area contributed by atoms with Gasteiger partial charge in [0, 0.05) is 12.6 Å². The first kappa shape index (κ1) is 13.8. The Labute approximate surface area is 94.6 Å². The van der Waals surface area contributed by atoms with E-state index in [1.165, 1.54) is 0 Å². The van der Waals surface area contributed by atoms with Crippen molar-refractivity contribution in [2.45, 2.75) is 43.9 Å². The minimum absolute atomic E-state index is 0.0661. The Balaban J connectivity index is 2.60. The van der Waals surface area contributed by atoms with Gasteiger partial charge in [0.05, 0.1) is 0 Å². The highest BCUT2D eigenvalue weighted by atomic mass is 32.2. The maximum atomic E-state index is 12.2. The molecule has 1 unspecified atom stereocenters. The molecule has 16 heavy (non-hydrogen) atoms. The maximum absolute atomic E-state index is 12.2. The summed E-state index contributed by atoms with van der Waals surface area (Å²) in [5.41, 5.74) is 5.44. The normalized spacial score (nSPS) is 21.2. The number of nitrogens with one attached hydrogen (secondary N) is 1. The van der Waals surface area contributed by atoms with Crippen LogP contribution in [0.5, 0.6) is 0 Å². The van der Waals surface area contributed by atoms with Crippen LogP contribution in [-0.4, -0.2) is 26.8 Å². The van der Waals surface area contributed by atoms with Crippen LogP contribution in [-0.2, 0) is 10.0 Å². The number of halogens is 2. The molecule has 1 atom stereocenters. The molecule has 1 saturated carbocycles. The molecule has 0 aromatic heterocycles. The summed E-state index contributed by atoms with van der Waals surface area (Å²) in [6, 6.07) is -0.556. The van der Waals surface area contributed by atoms with Crippen molar-refractivity contribution in [3.63, 3.8) is 0 Å². The molecule has 0 aromatic rings. The van der Waals surface area contributed by atoms with Crippen molar-refractivity contribution in [3.05, 3.63) is 0 Å². The first-order valence-electron chi connectivity index (χ1n) is 5.46. The summed E-state index contributed by atoms with van der Waals surface area (Å²) >= 11 is 0. The lowest BCUT2D eigenvalue weighted by molar-refractivity contribution is 0.226. The van der Waals surface area contributed by atoms with Crippen LogP contribution in [0, 0.1) is 5.92 Å². The zero-order valence-electron chi connectivity index (χ0n) is 9.03. The Bertz CT molecular complexity index is 303. The minimum Gasteiger partial charge on any atom is -0.329 e. The van der Waals surface area contributed by atoms with E-state index in [-0.39, 0.29) is 12.5 Å². The van der Waals surface area contributed by atoms with E-state index in [1.807, 2.05) is 4.72 Å². The molecular weight excluding hydrogens is 238 g/mol. The largest absolute Gasteiger partial charge is 0.350 e. The second kappa shape index (κ2) is 5.88. The monoisotopic (exact) mass is 256 g/mol. The zero-order chi connectivity index (χ0) is 12.2.